The molecule has 2 aliphatic rings. The lowest BCUT2D eigenvalue weighted by Crippen LogP contribution is -2.39. The minimum Gasteiger partial charge on any atom is -0.454 e. The summed E-state index contributed by atoms with van der Waals surface area (Å²) in [4.78, 5) is 17.6. The number of benzene rings is 2. The second kappa shape index (κ2) is 7.00. The van der Waals surface area contributed by atoms with Gasteiger partial charge in [0.2, 0.25) is 6.79 Å². The van der Waals surface area contributed by atoms with Crippen LogP contribution in [0.1, 0.15) is 30.6 Å². The van der Waals surface area contributed by atoms with Gasteiger partial charge in [0.05, 0.1) is 17.1 Å². The normalized spacial score (nSPS) is 18.6. The van der Waals surface area contributed by atoms with Crippen LogP contribution in [-0.4, -0.2) is 46.0 Å². The quantitative estimate of drug-likeness (QED) is 0.726. The van der Waals surface area contributed by atoms with E-state index in [-0.39, 0.29) is 18.5 Å². The number of ether oxygens (including phenoxy) is 2. The highest BCUT2D eigenvalue weighted by molar-refractivity contribution is 5.75. The predicted molar refractivity (Wildman–Crippen MR) is 105 cm³/mol. The summed E-state index contributed by atoms with van der Waals surface area (Å²) in [5.41, 5.74) is 2.64. The Morgan fingerprint density at radius 2 is 1.89 bits per heavy atom. The minimum absolute atomic E-state index is 0.0416. The molecule has 1 fully saturated rings. The molecule has 7 nitrogen and oxygen atoms in total. The summed E-state index contributed by atoms with van der Waals surface area (Å²) in [6.45, 7) is 2.49. The van der Waals surface area contributed by atoms with Gasteiger partial charge in [-0.3, -0.25) is 4.57 Å². The zero-order valence-corrected chi connectivity index (χ0v) is 15.5. The van der Waals surface area contributed by atoms with Crippen LogP contribution in [0, 0.1) is 0 Å². The Bertz CT molecular complexity index is 1050. The first-order valence-electron chi connectivity index (χ1n) is 9.68. The topological polar surface area (TPSA) is 79.7 Å². The maximum Gasteiger partial charge on any atom is 0.326 e. The van der Waals surface area contributed by atoms with E-state index < -0.39 is 6.10 Å². The van der Waals surface area contributed by atoms with Crippen molar-refractivity contribution in [1.82, 2.24) is 14.5 Å². The summed E-state index contributed by atoms with van der Waals surface area (Å²) in [5, 5.41) is 10.6. The number of hydrogen-bond donors (Lipinski definition) is 2. The number of aromatic amines is 1. The van der Waals surface area contributed by atoms with Crippen LogP contribution in [0.3, 0.4) is 0 Å². The second-order valence-corrected chi connectivity index (χ2v) is 7.48. The number of likely N-dealkylation sites (tertiary alicyclic amines) is 1. The molecule has 0 aliphatic carbocycles. The SMILES string of the molecule is O=c1[nH]c2ccccc2n1C1CCN(CC(O)c2ccc3c(c2)OCO3)CC1. The third-order valence-corrected chi connectivity index (χ3v) is 5.76. The van der Waals surface area contributed by atoms with Gasteiger partial charge in [0, 0.05) is 25.7 Å². The van der Waals surface area contributed by atoms with E-state index >= 15 is 0 Å². The number of aromatic nitrogens is 2. The van der Waals surface area contributed by atoms with Crippen molar-refractivity contribution >= 4 is 11.0 Å². The van der Waals surface area contributed by atoms with Gasteiger partial charge in [-0.25, -0.2) is 4.79 Å². The largest absolute Gasteiger partial charge is 0.454 e. The third-order valence-electron chi connectivity index (χ3n) is 5.76. The molecular weight excluding hydrogens is 358 g/mol. The van der Waals surface area contributed by atoms with Gasteiger partial charge in [0.1, 0.15) is 0 Å². The van der Waals surface area contributed by atoms with E-state index in [2.05, 4.69) is 9.88 Å². The third kappa shape index (κ3) is 3.06. The molecule has 1 aromatic heterocycles. The maximum absolute atomic E-state index is 12.4. The molecule has 2 aromatic carbocycles. The molecule has 0 bridgehead atoms. The Morgan fingerprint density at radius 3 is 2.75 bits per heavy atom. The van der Waals surface area contributed by atoms with Gasteiger partial charge < -0.3 is 24.5 Å². The maximum atomic E-state index is 12.4. The Balaban J connectivity index is 1.25. The zero-order chi connectivity index (χ0) is 19.1. The minimum atomic E-state index is -0.582. The number of β-amino-alcohol motifs (C(OH)–C–C–N with tert-alkyl or cyclic N) is 1. The molecule has 0 spiro atoms. The number of H-pyrrole nitrogens is 1. The van der Waals surface area contributed by atoms with Gasteiger partial charge in [-0.2, -0.15) is 0 Å². The van der Waals surface area contributed by atoms with Gasteiger partial charge in [-0.1, -0.05) is 18.2 Å². The first kappa shape index (κ1) is 17.3. The fourth-order valence-electron chi connectivity index (χ4n) is 4.27. The van der Waals surface area contributed by atoms with E-state index in [1.165, 1.54) is 0 Å². The van der Waals surface area contributed by atoms with Crippen molar-refractivity contribution in [3.63, 3.8) is 0 Å². The first-order chi connectivity index (χ1) is 13.7. The molecule has 28 heavy (non-hydrogen) atoms. The summed E-state index contributed by atoms with van der Waals surface area (Å²) >= 11 is 0. The number of nitrogens with one attached hydrogen (secondary N) is 1. The van der Waals surface area contributed by atoms with Gasteiger partial charge in [0.15, 0.2) is 11.5 Å². The highest BCUT2D eigenvalue weighted by atomic mass is 16.7. The van der Waals surface area contributed by atoms with Gasteiger partial charge in [-0.05, 0) is 42.7 Å². The molecule has 146 valence electrons. The molecule has 5 rings (SSSR count). The molecule has 2 N–H and O–H groups in total. The molecule has 1 saturated heterocycles. The van der Waals surface area contributed by atoms with Crippen LogP contribution in [0.4, 0.5) is 0 Å². The number of para-hydroxylation sites is 2. The molecule has 0 amide bonds. The second-order valence-electron chi connectivity index (χ2n) is 7.48. The first-order valence-corrected chi connectivity index (χ1v) is 9.68. The number of imidazole rings is 1. The Hall–Kier alpha value is -2.77. The molecule has 1 unspecified atom stereocenters. The van der Waals surface area contributed by atoms with Crippen molar-refractivity contribution in [1.29, 1.82) is 0 Å². The Labute approximate surface area is 162 Å². The van der Waals surface area contributed by atoms with Crippen molar-refractivity contribution in [3.05, 3.63) is 58.5 Å². The summed E-state index contributed by atoms with van der Waals surface area (Å²) in [6, 6.07) is 13.6. The summed E-state index contributed by atoms with van der Waals surface area (Å²) < 4.78 is 12.6. The predicted octanol–water partition coefficient (Wildman–Crippen LogP) is 2.43. The summed E-state index contributed by atoms with van der Waals surface area (Å²) in [5.74, 6) is 1.41. The van der Waals surface area contributed by atoms with Crippen LogP contribution in [0.25, 0.3) is 11.0 Å². The van der Waals surface area contributed by atoms with Crippen LogP contribution in [0.5, 0.6) is 11.5 Å². The fraction of sp³-hybridized carbons (Fsp3) is 0.381. The Morgan fingerprint density at radius 1 is 1.11 bits per heavy atom. The van der Waals surface area contributed by atoms with E-state index in [0.29, 0.717) is 12.3 Å². The van der Waals surface area contributed by atoms with Gasteiger partial charge in [-0.15, -0.1) is 0 Å². The molecule has 3 aromatic rings. The summed E-state index contributed by atoms with van der Waals surface area (Å²) in [7, 11) is 0. The highest BCUT2D eigenvalue weighted by Crippen LogP contribution is 2.34. The molecule has 3 heterocycles. The van der Waals surface area contributed by atoms with E-state index in [4.69, 9.17) is 9.47 Å². The summed E-state index contributed by atoms with van der Waals surface area (Å²) in [6.07, 6.45) is 1.19. The number of hydrogen-bond acceptors (Lipinski definition) is 5. The van der Waals surface area contributed by atoms with E-state index in [0.717, 1.165) is 48.3 Å². The number of aliphatic hydroxyl groups excluding tert-OH is 1. The smallest absolute Gasteiger partial charge is 0.326 e. The fourth-order valence-corrected chi connectivity index (χ4v) is 4.27. The number of piperidine rings is 1. The average molecular weight is 381 g/mol. The number of nitrogens with zero attached hydrogens (tertiary/aromatic N) is 2. The molecular formula is C21H23N3O4. The van der Waals surface area contributed by atoms with Crippen molar-refractivity contribution < 1.29 is 14.6 Å². The average Bonchev–Trinajstić information content (AvgIpc) is 3.31. The number of fused-ring (bicyclic) bond motifs is 2. The van der Waals surface area contributed by atoms with Crippen LogP contribution in [-0.2, 0) is 0 Å². The monoisotopic (exact) mass is 381 g/mol. The van der Waals surface area contributed by atoms with Crippen molar-refractivity contribution in [2.24, 2.45) is 0 Å². The molecule has 2 aliphatic heterocycles. The van der Waals surface area contributed by atoms with Crippen molar-refractivity contribution in [2.45, 2.75) is 25.0 Å². The van der Waals surface area contributed by atoms with Gasteiger partial charge in [0.25, 0.3) is 0 Å². The van der Waals surface area contributed by atoms with Crippen molar-refractivity contribution in [3.8, 4) is 11.5 Å². The van der Waals surface area contributed by atoms with Crippen LogP contribution in [0.2, 0.25) is 0 Å². The number of rotatable bonds is 4. The molecule has 0 saturated carbocycles. The van der Waals surface area contributed by atoms with E-state index in [1.807, 2.05) is 47.0 Å². The van der Waals surface area contributed by atoms with Gasteiger partial charge >= 0.3 is 5.69 Å². The highest BCUT2D eigenvalue weighted by Gasteiger charge is 2.25. The standard InChI is InChI=1S/C21H23N3O4/c25-18(14-5-6-19-20(11-14)28-13-27-19)12-23-9-7-15(8-10-23)24-17-4-2-1-3-16(17)22-21(24)26/h1-6,11,15,18,25H,7-10,12-13H2,(H,22,26). The molecule has 0 radical (unpaired) electrons. The van der Waals surface area contributed by atoms with Crippen LogP contribution < -0.4 is 15.2 Å². The lowest BCUT2D eigenvalue weighted by Gasteiger charge is -2.33. The van der Waals surface area contributed by atoms with E-state index in [1.54, 1.807) is 0 Å². The van der Waals surface area contributed by atoms with Crippen LogP contribution >= 0.6 is 0 Å². The molecule has 1 atom stereocenters. The van der Waals surface area contributed by atoms with E-state index in [9.17, 15) is 9.90 Å². The lowest BCUT2D eigenvalue weighted by molar-refractivity contribution is 0.0905. The lowest BCUT2D eigenvalue weighted by atomic mass is 10.0. The van der Waals surface area contributed by atoms with Crippen molar-refractivity contribution in [2.75, 3.05) is 26.4 Å². The Kier molecular flexibility index (Phi) is 4.33. The molecule has 7 heteroatoms. The number of aliphatic hydroxyl groups is 1. The van der Waals surface area contributed by atoms with Crippen LogP contribution in [0.15, 0.2) is 47.3 Å². The zero-order valence-electron chi connectivity index (χ0n) is 15.5.